The molecular weight excluding hydrogens is 332 g/mol. The van der Waals surface area contributed by atoms with Crippen LogP contribution in [0.3, 0.4) is 0 Å². The van der Waals surface area contributed by atoms with Crippen LogP contribution in [0.15, 0.2) is 23.1 Å². The lowest BCUT2D eigenvalue weighted by atomic mass is 10.1. The minimum atomic E-state index is -3.68. The number of carbonyl (C=O) groups is 1. The Labute approximate surface area is 143 Å². The van der Waals surface area contributed by atoms with Gasteiger partial charge in [-0.25, -0.2) is 13.1 Å². The summed E-state index contributed by atoms with van der Waals surface area (Å²) in [6, 6.07) is 4.15. The molecule has 0 saturated carbocycles. The lowest BCUT2D eigenvalue weighted by molar-refractivity contribution is 0.0300. The van der Waals surface area contributed by atoms with Gasteiger partial charge in [-0.3, -0.25) is 4.79 Å². The molecule has 1 N–H and O–H groups in total. The van der Waals surface area contributed by atoms with Gasteiger partial charge in [-0.15, -0.1) is 0 Å². The van der Waals surface area contributed by atoms with Crippen LogP contribution in [0.25, 0.3) is 0 Å². The van der Waals surface area contributed by atoms with Crippen LogP contribution >= 0.6 is 0 Å². The SMILES string of the molecule is CC[C@@H](C)NS(=O)(=O)c1ccc(OC)c(C(=O)N2CCOCC2)c1. The molecule has 0 aromatic heterocycles. The monoisotopic (exact) mass is 356 g/mol. The van der Waals surface area contributed by atoms with Crippen LogP contribution in [-0.2, 0) is 14.8 Å². The number of benzene rings is 1. The highest BCUT2D eigenvalue weighted by molar-refractivity contribution is 7.89. The number of nitrogens with zero attached hydrogens (tertiary/aromatic N) is 1. The molecule has 1 amide bonds. The molecule has 1 atom stereocenters. The number of nitrogens with one attached hydrogen (secondary N) is 1. The second-order valence-corrected chi connectivity index (χ2v) is 7.41. The summed E-state index contributed by atoms with van der Waals surface area (Å²) in [7, 11) is -2.23. The third kappa shape index (κ3) is 4.25. The minimum Gasteiger partial charge on any atom is -0.496 e. The molecule has 1 fully saturated rings. The van der Waals surface area contributed by atoms with Crippen molar-refractivity contribution in [3.05, 3.63) is 23.8 Å². The van der Waals surface area contributed by atoms with Gasteiger partial charge in [-0.05, 0) is 31.5 Å². The number of hydrogen-bond donors (Lipinski definition) is 1. The summed E-state index contributed by atoms with van der Waals surface area (Å²) in [5.74, 6) is 0.102. The number of ether oxygens (including phenoxy) is 2. The van der Waals surface area contributed by atoms with Crippen LogP contribution in [0.2, 0.25) is 0 Å². The second-order valence-electron chi connectivity index (χ2n) is 5.70. The Kier molecular flexibility index (Phi) is 6.20. The van der Waals surface area contributed by atoms with Crippen molar-refractivity contribution in [1.29, 1.82) is 0 Å². The van der Waals surface area contributed by atoms with Gasteiger partial charge in [0.15, 0.2) is 0 Å². The topological polar surface area (TPSA) is 84.9 Å². The average Bonchev–Trinajstić information content (AvgIpc) is 2.60. The summed E-state index contributed by atoms with van der Waals surface area (Å²) in [6.07, 6.45) is 0.676. The lowest BCUT2D eigenvalue weighted by Crippen LogP contribution is -2.41. The molecule has 8 heteroatoms. The van der Waals surface area contributed by atoms with E-state index in [1.807, 2.05) is 6.92 Å². The van der Waals surface area contributed by atoms with Crippen molar-refractivity contribution in [3.8, 4) is 5.75 Å². The third-order valence-electron chi connectivity index (χ3n) is 3.98. The zero-order valence-electron chi connectivity index (χ0n) is 14.2. The largest absolute Gasteiger partial charge is 0.496 e. The fraction of sp³-hybridized carbons (Fsp3) is 0.562. The van der Waals surface area contributed by atoms with E-state index in [0.29, 0.717) is 38.5 Å². The molecule has 134 valence electrons. The van der Waals surface area contributed by atoms with Crippen molar-refractivity contribution in [1.82, 2.24) is 9.62 Å². The molecule has 2 rings (SSSR count). The van der Waals surface area contributed by atoms with E-state index in [2.05, 4.69) is 4.72 Å². The van der Waals surface area contributed by atoms with Gasteiger partial charge in [0.2, 0.25) is 10.0 Å². The smallest absolute Gasteiger partial charge is 0.257 e. The standard InChI is InChI=1S/C16H24N2O5S/c1-4-12(2)17-24(20,21)13-5-6-15(22-3)14(11-13)16(19)18-7-9-23-10-8-18/h5-6,11-12,17H,4,7-10H2,1-3H3/t12-/m1/s1. The molecule has 0 aliphatic carbocycles. The van der Waals surface area contributed by atoms with Crippen LogP contribution in [0.1, 0.15) is 30.6 Å². The zero-order valence-corrected chi connectivity index (χ0v) is 15.1. The predicted octanol–water partition coefficient (Wildman–Crippen LogP) is 1.24. The number of rotatable bonds is 6. The van der Waals surface area contributed by atoms with E-state index in [1.165, 1.54) is 25.3 Å². The average molecular weight is 356 g/mol. The summed E-state index contributed by atoms with van der Waals surface area (Å²) in [6.45, 7) is 5.59. The molecule has 1 heterocycles. The molecule has 0 bridgehead atoms. The van der Waals surface area contributed by atoms with Crippen LogP contribution in [-0.4, -0.2) is 58.7 Å². The van der Waals surface area contributed by atoms with E-state index < -0.39 is 10.0 Å². The first-order valence-electron chi connectivity index (χ1n) is 7.96. The van der Waals surface area contributed by atoms with Crippen molar-refractivity contribution >= 4 is 15.9 Å². The van der Waals surface area contributed by atoms with Gasteiger partial charge in [0.05, 0.1) is 30.8 Å². The number of sulfonamides is 1. The molecule has 0 radical (unpaired) electrons. The Balaban J connectivity index is 2.35. The highest BCUT2D eigenvalue weighted by Crippen LogP contribution is 2.24. The number of carbonyl (C=O) groups excluding carboxylic acids is 1. The lowest BCUT2D eigenvalue weighted by Gasteiger charge is -2.27. The van der Waals surface area contributed by atoms with Crippen molar-refractivity contribution in [2.75, 3.05) is 33.4 Å². The van der Waals surface area contributed by atoms with Gasteiger partial charge in [0, 0.05) is 19.1 Å². The molecule has 1 aromatic carbocycles. The highest BCUT2D eigenvalue weighted by atomic mass is 32.2. The van der Waals surface area contributed by atoms with Crippen molar-refractivity contribution < 1.29 is 22.7 Å². The van der Waals surface area contributed by atoms with E-state index in [4.69, 9.17) is 9.47 Å². The second kappa shape index (κ2) is 7.96. The Bertz CT molecular complexity index is 684. The molecular formula is C16H24N2O5S. The summed E-state index contributed by atoms with van der Waals surface area (Å²) >= 11 is 0. The van der Waals surface area contributed by atoms with Gasteiger partial charge < -0.3 is 14.4 Å². The van der Waals surface area contributed by atoms with E-state index >= 15 is 0 Å². The van der Waals surface area contributed by atoms with E-state index in [0.717, 1.165) is 0 Å². The highest BCUT2D eigenvalue weighted by Gasteiger charge is 2.25. The summed E-state index contributed by atoms with van der Waals surface area (Å²) in [5, 5.41) is 0. The molecule has 7 nitrogen and oxygen atoms in total. The molecule has 1 aliphatic heterocycles. The first-order chi connectivity index (χ1) is 11.4. The third-order valence-corrected chi connectivity index (χ3v) is 5.57. The zero-order chi connectivity index (χ0) is 17.7. The van der Waals surface area contributed by atoms with Crippen LogP contribution in [0.5, 0.6) is 5.75 Å². The van der Waals surface area contributed by atoms with Crippen molar-refractivity contribution in [2.45, 2.75) is 31.2 Å². The fourth-order valence-corrected chi connectivity index (χ4v) is 3.73. The number of methoxy groups -OCH3 is 1. The van der Waals surface area contributed by atoms with E-state index in [9.17, 15) is 13.2 Å². The molecule has 24 heavy (non-hydrogen) atoms. The Morgan fingerprint density at radius 3 is 2.62 bits per heavy atom. The maximum atomic E-state index is 12.7. The number of amides is 1. The van der Waals surface area contributed by atoms with Crippen molar-refractivity contribution in [2.24, 2.45) is 0 Å². The summed E-state index contributed by atoms with van der Waals surface area (Å²) in [4.78, 5) is 14.4. The summed E-state index contributed by atoms with van der Waals surface area (Å²) < 4.78 is 38.0. The van der Waals surface area contributed by atoms with Gasteiger partial charge in [-0.1, -0.05) is 6.92 Å². The fourth-order valence-electron chi connectivity index (χ4n) is 2.37. The Morgan fingerprint density at radius 1 is 1.38 bits per heavy atom. The van der Waals surface area contributed by atoms with E-state index in [-0.39, 0.29) is 22.4 Å². The van der Waals surface area contributed by atoms with Gasteiger partial charge >= 0.3 is 0 Å². The number of hydrogen-bond acceptors (Lipinski definition) is 5. The molecule has 0 spiro atoms. The summed E-state index contributed by atoms with van der Waals surface area (Å²) in [5.41, 5.74) is 0.242. The quantitative estimate of drug-likeness (QED) is 0.829. The van der Waals surface area contributed by atoms with Gasteiger partial charge in [-0.2, -0.15) is 0 Å². The van der Waals surface area contributed by atoms with Crippen LogP contribution in [0, 0.1) is 0 Å². The molecule has 0 unspecified atom stereocenters. The maximum Gasteiger partial charge on any atom is 0.257 e. The first-order valence-corrected chi connectivity index (χ1v) is 9.44. The maximum absolute atomic E-state index is 12.7. The molecule has 1 aromatic rings. The van der Waals surface area contributed by atoms with Gasteiger partial charge in [0.25, 0.3) is 5.91 Å². The van der Waals surface area contributed by atoms with Gasteiger partial charge in [0.1, 0.15) is 5.75 Å². The van der Waals surface area contributed by atoms with Crippen LogP contribution in [0.4, 0.5) is 0 Å². The van der Waals surface area contributed by atoms with Crippen molar-refractivity contribution in [3.63, 3.8) is 0 Å². The Morgan fingerprint density at radius 2 is 2.04 bits per heavy atom. The normalized spacial score (nSPS) is 16.7. The number of morpholine rings is 1. The first kappa shape index (κ1) is 18.7. The molecule has 1 saturated heterocycles. The molecule has 1 aliphatic rings. The van der Waals surface area contributed by atoms with E-state index in [1.54, 1.807) is 11.8 Å². The predicted molar refractivity (Wildman–Crippen MR) is 89.8 cm³/mol. The Hall–Kier alpha value is -1.64. The van der Waals surface area contributed by atoms with Crippen LogP contribution < -0.4 is 9.46 Å². The minimum absolute atomic E-state index is 0.0557.